The van der Waals surface area contributed by atoms with Crippen LogP contribution in [0.15, 0.2) is 39.9 Å². The maximum atomic E-state index is 13.1. The third kappa shape index (κ3) is 6.07. The number of aromatic amines is 1. The van der Waals surface area contributed by atoms with Crippen molar-refractivity contribution in [3.8, 4) is 0 Å². The summed E-state index contributed by atoms with van der Waals surface area (Å²) in [7, 11) is 0. The highest BCUT2D eigenvalue weighted by molar-refractivity contribution is 5.95. The highest BCUT2D eigenvalue weighted by Crippen LogP contribution is 2.20. The summed E-state index contributed by atoms with van der Waals surface area (Å²) in [6.07, 6.45) is 3.20. The number of aromatic nitrogens is 2. The summed E-state index contributed by atoms with van der Waals surface area (Å²) in [6.45, 7) is 6.91. The predicted molar refractivity (Wildman–Crippen MR) is 117 cm³/mol. The van der Waals surface area contributed by atoms with Crippen LogP contribution in [0.4, 0.5) is 11.5 Å². The molecule has 0 bridgehead atoms. The van der Waals surface area contributed by atoms with Gasteiger partial charge in [0, 0.05) is 19.5 Å². The number of nitrogen functional groups attached to an aromatic ring is 1. The summed E-state index contributed by atoms with van der Waals surface area (Å²) in [5, 5.41) is 0. The van der Waals surface area contributed by atoms with Crippen LogP contribution in [0.1, 0.15) is 52.0 Å². The number of amides is 1. The lowest BCUT2D eigenvalue weighted by Gasteiger charge is -2.25. The van der Waals surface area contributed by atoms with Gasteiger partial charge in [0.1, 0.15) is 5.82 Å². The third-order valence-corrected chi connectivity index (χ3v) is 4.92. The fraction of sp³-hybridized carbons (Fsp3) is 0.500. The topological polar surface area (TPSA) is 101 Å². The van der Waals surface area contributed by atoms with Crippen molar-refractivity contribution in [2.45, 2.75) is 59.4 Å². The highest BCUT2D eigenvalue weighted by atomic mass is 16.2. The minimum absolute atomic E-state index is 0.0593. The van der Waals surface area contributed by atoms with E-state index in [0.717, 1.165) is 24.8 Å². The summed E-state index contributed by atoms with van der Waals surface area (Å²) in [4.78, 5) is 41.7. The van der Waals surface area contributed by atoms with E-state index in [2.05, 4.69) is 18.8 Å². The Hall–Kier alpha value is -2.83. The highest BCUT2D eigenvalue weighted by Gasteiger charge is 2.24. The molecule has 0 atom stereocenters. The van der Waals surface area contributed by atoms with E-state index in [1.807, 2.05) is 37.3 Å². The van der Waals surface area contributed by atoms with Gasteiger partial charge in [-0.2, -0.15) is 0 Å². The molecule has 7 nitrogen and oxygen atoms in total. The molecule has 7 heteroatoms. The smallest absolute Gasteiger partial charge is 0.330 e. The molecule has 2 aromatic rings. The Labute approximate surface area is 171 Å². The zero-order chi connectivity index (χ0) is 21.4. The fourth-order valence-electron chi connectivity index (χ4n) is 3.16. The van der Waals surface area contributed by atoms with Crippen molar-refractivity contribution in [2.24, 2.45) is 5.92 Å². The molecule has 3 N–H and O–H groups in total. The Kier molecular flexibility index (Phi) is 8.24. The number of hydrogen-bond donors (Lipinski definition) is 2. The summed E-state index contributed by atoms with van der Waals surface area (Å²) in [5.41, 5.74) is 6.21. The van der Waals surface area contributed by atoms with E-state index in [-0.39, 0.29) is 23.8 Å². The van der Waals surface area contributed by atoms with Crippen molar-refractivity contribution in [1.82, 2.24) is 9.55 Å². The largest absolute Gasteiger partial charge is 0.383 e. The van der Waals surface area contributed by atoms with E-state index < -0.39 is 11.2 Å². The Morgan fingerprint density at radius 3 is 2.52 bits per heavy atom. The molecular weight excluding hydrogens is 368 g/mol. The Bertz CT molecular complexity index is 916. The van der Waals surface area contributed by atoms with Gasteiger partial charge in [-0.15, -0.1) is 0 Å². The van der Waals surface area contributed by atoms with Gasteiger partial charge < -0.3 is 10.6 Å². The maximum absolute atomic E-state index is 13.1. The molecule has 1 heterocycles. The first-order chi connectivity index (χ1) is 13.8. The molecular formula is C22H32N4O3. The number of H-pyrrole nitrogens is 1. The molecule has 0 saturated heterocycles. The van der Waals surface area contributed by atoms with Gasteiger partial charge in [0.15, 0.2) is 5.69 Å². The SMILES string of the molecule is CCCCn1c(N)c(N(CCC(C)C)C(=O)CCc2ccccc2)c(=O)[nH]c1=O. The van der Waals surface area contributed by atoms with Crippen molar-refractivity contribution >= 4 is 17.4 Å². The normalized spacial score (nSPS) is 11.0. The minimum Gasteiger partial charge on any atom is -0.383 e. The van der Waals surface area contributed by atoms with Crippen LogP contribution in [0, 0.1) is 5.92 Å². The van der Waals surface area contributed by atoms with Crippen LogP contribution in [0.25, 0.3) is 0 Å². The lowest BCUT2D eigenvalue weighted by atomic mass is 10.1. The molecule has 1 aromatic heterocycles. The van der Waals surface area contributed by atoms with Crippen molar-refractivity contribution in [3.05, 3.63) is 56.7 Å². The molecule has 0 spiro atoms. The van der Waals surface area contributed by atoms with Crippen LogP contribution < -0.4 is 21.9 Å². The van der Waals surface area contributed by atoms with Crippen LogP contribution in [0.5, 0.6) is 0 Å². The van der Waals surface area contributed by atoms with Gasteiger partial charge in [0.25, 0.3) is 5.56 Å². The van der Waals surface area contributed by atoms with Crippen LogP contribution in [-0.4, -0.2) is 22.0 Å². The van der Waals surface area contributed by atoms with Gasteiger partial charge in [0.05, 0.1) is 0 Å². The lowest BCUT2D eigenvalue weighted by molar-refractivity contribution is -0.118. The number of anilines is 2. The Morgan fingerprint density at radius 2 is 1.90 bits per heavy atom. The van der Waals surface area contributed by atoms with E-state index in [1.54, 1.807) is 0 Å². The first-order valence-electron chi connectivity index (χ1n) is 10.3. The number of aryl methyl sites for hydroxylation is 1. The van der Waals surface area contributed by atoms with Crippen LogP contribution in [0.3, 0.4) is 0 Å². The Balaban J connectivity index is 2.36. The van der Waals surface area contributed by atoms with Gasteiger partial charge in [-0.3, -0.25) is 19.1 Å². The summed E-state index contributed by atoms with van der Waals surface area (Å²) >= 11 is 0. The molecule has 0 aliphatic carbocycles. The predicted octanol–water partition coefficient (Wildman–Crippen LogP) is 2.93. The van der Waals surface area contributed by atoms with Crippen molar-refractivity contribution < 1.29 is 4.79 Å². The van der Waals surface area contributed by atoms with Gasteiger partial charge >= 0.3 is 5.69 Å². The standard InChI is InChI=1S/C22H32N4O3/c1-4-5-14-26-20(23)19(21(28)24-22(26)29)25(15-13-16(2)3)18(27)12-11-17-9-7-6-8-10-17/h6-10,16H,4-5,11-15,23H2,1-3H3,(H,24,28,29). The second kappa shape index (κ2) is 10.6. The van der Waals surface area contributed by atoms with E-state index in [4.69, 9.17) is 5.73 Å². The number of nitrogens with one attached hydrogen (secondary N) is 1. The van der Waals surface area contributed by atoms with Gasteiger partial charge in [0.2, 0.25) is 5.91 Å². The van der Waals surface area contributed by atoms with Crippen LogP contribution in [0.2, 0.25) is 0 Å². The number of carbonyl (C=O) groups is 1. The van der Waals surface area contributed by atoms with Crippen LogP contribution >= 0.6 is 0 Å². The lowest BCUT2D eigenvalue weighted by Crippen LogP contribution is -2.42. The molecule has 0 aliphatic rings. The zero-order valence-corrected chi connectivity index (χ0v) is 17.6. The number of rotatable bonds is 10. The molecule has 0 radical (unpaired) electrons. The second-order valence-electron chi connectivity index (χ2n) is 7.71. The molecule has 1 aromatic carbocycles. The molecule has 0 unspecified atom stereocenters. The average molecular weight is 401 g/mol. The van der Waals surface area contributed by atoms with Crippen molar-refractivity contribution in [3.63, 3.8) is 0 Å². The summed E-state index contributed by atoms with van der Waals surface area (Å²) in [5.74, 6) is 0.238. The first kappa shape index (κ1) is 22.5. The molecule has 0 saturated carbocycles. The van der Waals surface area contributed by atoms with E-state index in [1.165, 1.54) is 9.47 Å². The van der Waals surface area contributed by atoms with E-state index in [9.17, 15) is 14.4 Å². The number of nitrogens with zero attached hydrogens (tertiary/aromatic N) is 2. The van der Waals surface area contributed by atoms with Crippen LogP contribution in [-0.2, 0) is 17.8 Å². The molecule has 158 valence electrons. The van der Waals surface area contributed by atoms with Gasteiger partial charge in [-0.05, 0) is 30.7 Å². The third-order valence-electron chi connectivity index (χ3n) is 4.92. The summed E-state index contributed by atoms with van der Waals surface area (Å²) < 4.78 is 1.35. The Morgan fingerprint density at radius 1 is 1.21 bits per heavy atom. The van der Waals surface area contributed by atoms with Crippen molar-refractivity contribution in [2.75, 3.05) is 17.2 Å². The minimum atomic E-state index is -0.614. The average Bonchev–Trinajstić information content (AvgIpc) is 2.69. The monoisotopic (exact) mass is 400 g/mol. The number of unbranched alkanes of at least 4 members (excludes halogenated alkanes) is 1. The van der Waals surface area contributed by atoms with Crippen molar-refractivity contribution in [1.29, 1.82) is 0 Å². The molecule has 2 rings (SSSR count). The van der Waals surface area contributed by atoms with E-state index in [0.29, 0.717) is 25.4 Å². The molecule has 29 heavy (non-hydrogen) atoms. The number of benzene rings is 1. The first-order valence-corrected chi connectivity index (χ1v) is 10.3. The number of nitrogens with two attached hydrogens (primary N) is 1. The summed E-state index contributed by atoms with van der Waals surface area (Å²) in [6, 6.07) is 9.74. The van der Waals surface area contributed by atoms with Gasteiger partial charge in [-0.1, -0.05) is 57.5 Å². The molecule has 0 aliphatic heterocycles. The maximum Gasteiger partial charge on any atom is 0.330 e. The fourth-order valence-corrected chi connectivity index (χ4v) is 3.16. The number of hydrogen-bond acceptors (Lipinski definition) is 4. The molecule has 1 amide bonds. The quantitative estimate of drug-likeness (QED) is 0.640. The van der Waals surface area contributed by atoms with E-state index >= 15 is 0 Å². The molecule has 0 fully saturated rings. The van der Waals surface area contributed by atoms with Gasteiger partial charge in [-0.25, -0.2) is 4.79 Å². The second-order valence-corrected chi connectivity index (χ2v) is 7.71. The number of carbonyl (C=O) groups excluding carboxylic acids is 1. The zero-order valence-electron chi connectivity index (χ0n) is 17.6.